The molecule has 0 amide bonds. The molecule has 2 aromatic heterocycles. The second-order valence-corrected chi connectivity index (χ2v) is 3.75. The summed E-state index contributed by atoms with van der Waals surface area (Å²) < 4.78 is 1.95. The third-order valence-corrected chi connectivity index (χ3v) is 2.30. The van der Waals surface area contributed by atoms with Crippen LogP contribution in [0.2, 0.25) is 0 Å². The van der Waals surface area contributed by atoms with Gasteiger partial charge in [-0.15, -0.1) is 0 Å². The Kier molecular flexibility index (Phi) is 2.90. The standard InChI is InChI=1S/C10H15N7/c1-4-17-6-5-12-8(17)7-13-9(11)15-10(14-7)16(2)3/h5-6H,4H2,1-3H3,(H2,11,13,14,15). The summed E-state index contributed by atoms with van der Waals surface area (Å²) in [4.78, 5) is 18.5. The summed E-state index contributed by atoms with van der Waals surface area (Å²) in [5, 5.41) is 0. The van der Waals surface area contributed by atoms with Crippen molar-refractivity contribution in [2.24, 2.45) is 0 Å². The van der Waals surface area contributed by atoms with Crippen LogP contribution in [0, 0.1) is 0 Å². The van der Waals surface area contributed by atoms with Crippen molar-refractivity contribution in [2.75, 3.05) is 24.7 Å². The van der Waals surface area contributed by atoms with E-state index < -0.39 is 0 Å². The molecule has 90 valence electrons. The zero-order valence-corrected chi connectivity index (χ0v) is 10.1. The molecule has 2 heterocycles. The second kappa shape index (κ2) is 4.36. The van der Waals surface area contributed by atoms with Crippen molar-refractivity contribution in [1.82, 2.24) is 24.5 Å². The molecule has 0 saturated carbocycles. The van der Waals surface area contributed by atoms with Crippen molar-refractivity contribution in [2.45, 2.75) is 13.5 Å². The largest absolute Gasteiger partial charge is 0.368 e. The Morgan fingerprint density at radius 2 is 2.06 bits per heavy atom. The van der Waals surface area contributed by atoms with Gasteiger partial charge in [-0.2, -0.15) is 15.0 Å². The van der Waals surface area contributed by atoms with Crippen LogP contribution >= 0.6 is 0 Å². The van der Waals surface area contributed by atoms with Gasteiger partial charge in [-0.3, -0.25) is 0 Å². The Bertz CT molecular complexity index is 517. The van der Waals surface area contributed by atoms with E-state index in [2.05, 4.69) is 19.9 Å². The van der Waals surface area contributed by atoms with Crippen LogP contribution in [0.3, 0.4) is 0 Å². The minimum atomic E-state index is 0.198. The van der Waals surface area contributed by atoms with E-state index in [9.17, 15) is 0 Å². The van der Waals surface area contributed by atoms with Crippen LogP contribution in [0.1, 0.15) is 6.92 Å². The van der Waals surface area contributed by atoms with Crippen molar-refractivity contribution in [3.63, 3.8) is 0 Å². The predicted octanol–water partition coefficient (Wildman–Crippen LogP) is 0.403. The number of aromatic nitrogens is 5. The van der Waals surface area contributed by atoms with Gasteiger partial charge in [-0.1, -0.05) is 0 Å². The number of imidazole rings is 1. The molecule has 0 fully saturated rings. The molecule has 0 aromatic carbocycles. The minimum Gasteiger partial charge on any atom is -0.368 e. The summed E-state index contributed by atoms with van der Waals surface area (Å²) in [6, 6.07) is 0. The van der Waals surface area contributed by atoms with Gasteiger partial charge < -0.3 is 15.2 Å². The first-order valence-corrected chi connectivity index (χ1v) is 5.32. The van der Waals surface area contributed by atoms with Gasteiger partial charge in [-0.05, 0) is 6.92 Å². The summed E-state index contributed by atoms with van der Waals surface area (Å²) in [7, 11) is 3.70. The molecule has 0 saturated heterocycles. The molecule has 0 radical (unpaired) electrons. The third-order valence-electron chi connectivity index (χ3n) is 2.30. The van der Waals surface area contributed by atoms with Crippen molar-refractivity contribution in [1.29, 1.82) is 0 Å². The van der Waals surface area contributed by atoms with Crippen LogP contribution in [0.4, 0.5) is 11.9 Å². The summed E-state index contributed by atoms with van der Waals surface area (Å²) in [5.41, 5.74) is 5.67. The first-order valence-electron chi connectivity index (χ1n) is 5.32. The number of aryl methyl sites for hydroxylation is 1. The number of nitrogens with two attached hydrogens (primary N) is 1. The van der Waals surface area contributed by atoms with Crippen molar-refractivity contribution >= 4 is 11.9 Å². The predicted molar refractivity (Wildman–Crippen MR) is 65.5 cm³/mol. The molecule has 2 N–H and O–H groups in total. The highest BCUT2D eigenvalue weighted by Crippen LogP contribution is 2.16. The Labute approximate surface area is 99.3 Å². The summed E-state index contributed by atoms with van der Waals surface area (Å²) in [6.07, 6.45) is 3.60. The molecule has 0 unspecified atom stereocenters. The van der Waals surface area contributed by atoms with Crippen LogP contribution < -0.4 is 10.6 Å². The Morgan fingerprint density at radius 3 is 2.71 bits per heavy atom. The number of nitrogen functional groups attached to an aromatic ring is 1. The fourth-order valence-electron chi connectivity index (χ4n) is 1.45. The maximum absolute atomic E-state index is 5.67. The molecule has 2 aromatic rings. The van der Waals surface area contributed by atoms with E-state index in [0.717, 1.165) is 6.54 Å². The maximum Gasteiger partial charge on any atom is 0.230 e. The lowest BCUT2D eigenvalue weighted by Gasteiger charge is -2.11. The van der Waals surface area contributed by atoms with Crippen molar-refractivity contribution in [3.05, 3.63) is 12.4 Å². The molecular formula is C10H15N7. The average Bonchev–Trinajstić information content (AvgIpc) is 2.76. The minimum absolute atomic E-state index is 0.198. The first kappa shape index (κ1) is 11.3. The van der Waals surface area contributed by atoms with Gasteiger partial charge >= 0.3 is 0 Å². The van der Waals surface area contributed by atoms with Gasteiger partial charge in [0.2, 0.25) is 17.7 Å². The number of hydrogen-bond acceptors (Lipinski definition) is 6. The summed E-state index contributed by atoms with van der Waals surface area (Å²) >= 11 is 0. The number of hydrogen-bond donors (Lipinski definition) is 1. The van der Waals surface area contributed by atoms with E-state index in [1.165, 1.54) is 0 Å². The molecule has 0 atom stereocenters. The molecule has 0 aliphatic rings. The summed E-state index contributed by atoms with van der Waals surface area (Å²) in [5.74, 6) is 1.92. The highest BCUT2D eigenvalue weighted by Gasteiger charge is 2.12. The number of nitrogens with zero attached hydrogens (tertiary/aromatic N) is 6. The topological polar surface area (TPSA) is 85.8 Å². The zero-order chi connectivity index (χ0) is 12.4. The Hall–Kier alpha value is -2.18. The quantitative estimate of drug-likeness (QED) is 0.826. The van der Waals surface area contributed by atoms with E-state index in [1.807, 2.05) is 31.8 Å². The van der Waals surface area contributed by atoms with Crippen molar-refractivity contribution < 1.29 is 0 Å². The molecule has 0 aliphatic heterocycles. The SMILES string of the molecule is CCn1ccnc1-c1nc(N)nc(N(C)C)n1. The van der Waals surface area contributed by atoms with Crippen LogP contribution in [-0.4, -0.2) is 38.6 Å². The fraction of sp³-hybridized carbons (Fsp3) is 0.400. The highest BCUT2D eigenvalue weighted by molar-refractivity contribution is 5.49. The van der Waals surface area contributed by atoms with Crippen LogP contribution in [-0.2, 0) is 6.54 Å². The van der Waals surface area contributed by atoms with E-state index in [1.54, 1.807) is 11.1 Å². The fourth-order valence-corrected chi connectivity index (χ4v) is 1.45. The van der Waals surface area contributed by atoms with Gasteiger partial charge in [0, 0.05) is 33.0 Å². The summed E-state index contributed by atoms with van der Waals surface area (Å²) in [6.45, 7) is 2.83. The Morgan fingerprint density at radius 1 is 1.29 bits per heavy atom. The molecule has 0 bridgehead atoms. The number of anilines is 2. The molecular weight excluding hydrogens is 218 g/mol. The second-order valence-electron chi connectivity index (χ2n) is 3.75. The lowest BCUT2D eigenvalue weighted by Crippen LogP contribution is -2.15. The van der Waals surface area contributed by atoms with E-state index >= 15 is 0 Å². The normalized spacial score (nSPS) is 10.5. The van der Waals surface area contributed by atoms with Gasteiger partial charge in [0.15, 0.2) is 5.82 Å². The number of rotatable bonds is 3. The molecule has 0 aliphatic carbocycles. The van der Waals surface area contributed by atoms with Crippen molar-refractivity contribution in [3.8, 4) is 11.6 Å². The monoisotopic (exact) mass is 233 g/mol. The van der Waals surface area contributed by atoms with Gasteiger partial charge in [-0.25, -0.2) is 4.98 Å². The molecule has 7 heteroatoms. The van der Waals surface area contributed by atoms with Gasteiger partial charge in [0.1, 0.15) is 0 Å². The van der Waals surface area contributed by atoms with E-state index in [4.69, 9.17) is 5.73 Å². The van der Waals surface area contributed by atoms with E-state index in [-0.39, 0.29) is 5.95 Å². The Balaban J connectivity index is 2.52. The molecule has 17 heavy (non-hydrogen) atoms. The van der Waals surface area contributed by atoms with Crippen LogP contribution in [0.25, 0.3) is 11.6 Å². The first-order chi connectivity index (χ1) is 8.11. The van der Waals surface area contributed by atoms with E-state index in [0.29, 0.717) is 17.6 Å². The molecule has 7 nitrogen and oxygen atoms in total. The lowest BCUT2D eigenvalue weighted by atomic mass is 10.5. The highest BCUT2D eigenvalue weighted by atomic mass is 15.3. The smallest absolute Gasteiger partial charge is 0.230 e. The molecule has 0 spiro atoms. The lowest BCUT2D eigenvalue weighted by molar-refractivity contribution is 0.762. The zero-order valence-electron chi connectivity index (χ0n) is 10.1. The maximum atomic E-state index is 5.67. The van der Waals surface area contributed by atoms with Crippen LogP contribution in [0.15, 0.2) is 12.4 Å². The average molecular weight is 233 g/mol. The van der Waals surface area contributed by atoms with Gasteiger partial charge in [0.05, 0.1) is 0 Å². The van der Waals surface area contributed by atoms with Gasteiger partial charge in [0.25, 0.3) is 0 Å². The third kappa shape index (κ3) is 2.17. The van der Waals surface area contributed by atoms with Crippen LogP contribution in [0.5, 0.6) is 0 Å². The molecule has 2 rings (SSSR count).